The van der Waals surface area contributed by atoms with Gasteiger partial charge in [-0.05, 0) is 17.7 Å². The van der Waals surface area contributed by atoms with Crippen LogP contribution in [-0.2, 0) is 6.54 Å². The van der Waals surface area contributed by atoms with Crippen molar-refractivity contribution in [1.82, 2.24) is 15.0 Å². The van der Waals surface area contributed by atoms with Crippen LogP contribution in [0.3, 0.4) is 0 Å². The van der Waals surface area contributed by atoms with E-state index in [0.717, 1.165) is 11.4 Å². The zero-order valence-electron chi connectivity index (χ0n) is 8.92. The molecule has 0 aliphatic carbocycles. The summed E-state index contributed by atoms with van der Waals surface area (Å²) in [5, 5.41) is 3.18. The van der Waals surface area contributed by atoms with Crippen molar-refractivity contribution in [2.24, 2.45) is 0 Å². The van der Waals surface area contributed by atoms with Crippen LogP contribution in [0.5, 0.6) is 5.88 Å². The smallest absolute Gasteiger partial charge is 0.213 e. The van der Waals surface area contributed by atoms with Crippen LogP contribution in [0.2, 0.25) is 0 Å². The molecule has 0 atom stereocenters. The van der Waals surface area contributed by atoms with Crippen LogP contribution in [0.4, 0.5) is 5.82 Å². The molecule has 2 aromatic rings. The van der Waals surface area contributed by atoms with Gasteiger partial charge in [0.15, 0.2) is 0 Å². The summed E-state index contributed by atoms with van der Waals surface area (Å²) in [4.78, 5) is 12.0. The molecule has 0 spiro atoms. The molecule has 0 aliphatic heterocycles. The predicted molar refractivity (Wildman–Crippen MR) is 60.1 cm³/mol. The van der Waals surface area contributed by atoms with Crippen LogP contribution in [0.1, 0.15) is 5.56 Å². The molecule has 0 aliphatic rings. The maximum absolute atomic E-state index is 5.04. The van der Waals surface area contributed by atoms with Crippen molar-refractivity contribution in [3.05, 3.63) is 42.5 Å². The molecule has 0 amide bonds. The minimum Gasteiger partial charge on any atom is -0.481 e. The Kier molecular flexibility index (Phi) is 3.28. The van der Waals surface area contributed by atoms with Crippen molar-refractivity contribution < 1.29 is 4.74 Å². The van der Waals surface area contributed by atoms with Gasteiger partial charge in [0.05, 0.1) is 7.11 Å². The topological polar surface area (TPSA) is 59.9 Å². The number of anilines is 1. The van der Waals surface area contributed by atoms with Crippen LogP contribution in [0.15, 0.2) is 36.9 Å². The van der Waals surface area contributed by atoms with E-state index in [1.807, 2.05) is 18.2 Å². The summed E-state index contributed by atoms with van der Waals surface area (Å²) < 4.78 is 5.04. The largest absolute Gasteiger partial charge is 0.481 e. The monoisotopic (exact) mass is 216 g/mol. The van der Waals surface area contributed by atoms with E-state index in [9.17, 15) is 0 Å². The summed E-state index contributed by atoms with van der Waals surface area (Å²) in [5.41, 5.74) is 1.09. The second-order valence-corrected chi connectivity index (χ2v) is 3.15. The third-order valence-electron chi connectivity index (χ3n) is 2.06. The van der Waals surface area contributed by atoms with Crippen LogP contribution >= 0.6 is 0 Å². The molecule has 82 valence electrons. The third kappa shape index (κ3) is 2.66. The number of nitrogens with one attached hydrogen (secondary N) is 1. The lowest BCUT2D eigenvalue weighted by atomic mass is 10.2. The zero-order chi connectivity index (χ0) is 11.2. The fraction of sp³-hybridized carbons (Fsp3) is 0.182. The van der Waals surface area contributed by atoms with Gasteiger partial charge in [-0.1, -0.05) is 0 Å². The van der Waals surface area contributed by atoms with Crippen molar-refractivity contribution in [3.63, 3.8) is 0 Å². The van der Waals surface area contributed by atoms with Gasteiger partial charge < -0.3 is 10.1 Å². The molecule has 2 rings (SSSR count). The number of hydrogen-bond acceptors (Lipinski definition) is 5. The van der Waals surface area contributed by atoms with Gasteiger partial charge in [-0.2, -0.15) is 0 Å². The number of ether oxygens (including phenoxy) is 1. The standard InChI is InChI=1S/C11H12N4O/c1-16-11-6-9(2-5-13-11)7-14-10-3-4-12-8-15-10/h2-6,8H,7H2,1H3,(H,12,14,15). The molecular formula is C11H12N4O. The molecule has 0 bridgehead atoms. The predicted octanol–water partition coefficient (Wildman–Crippen LogP) is 1.49. The van der Waals surface area contributed by atoms with E-state index in [4.69, 9.17) is 4.74 Å². The average Bonchev–Trinajstić information content (AvgIpc) is 2.38. The van der Waals surface area contributed by atoms with Crippen LogP contribution in [0, 0.1) is 0 Å². The van der Waals surface area contributed by atoms with Gasteiger partial charge in [0.2, 0.25) is 5.88 Å². The maximum Gasteiger partial charge on any atom is 0.213 e. The summed E-state index contributed by atoms with van der Waals surface area (Å²) in [5.74, 6) is 1.41. The molecule has 0 saturated carbocycles. The SMILES string of the molecule is COc1cc(CNc2ccncn2)ccn1. The van der Waals surface area contributed by atoms with E-state index in [0.29, 0.717) is 12.4 Å². The summed E-state index contributed by atoms with van der Waals surface area (Å²) in [6.07, 6.45) is 4.92. The second-order valence-electron chi connectivity index (χ2n) is 3.15. The van der Waals surface area contributed by atoms with Crippen molar-refractivity contribution in [2.45, 2.75) is 6.54 Å². The summed E-state index contributed by atoms with van der Waals surface area (Å²) in [6, 6.07) is 5.63. The van der Waals surface area contributed by atoms with E-state index in [1.54, 1.807) is 19.5 Å². The molecule has 2 heterocycles. The Morgan fingerprint density at radius 2 is 2.19 bits per heavy atom. The Balaban J connectivity index is 1.99. The summed E-state index contributed by atoms with van der Waals surface area (Å²) in [6.45, 7) is 0.676. The Morgan fingerprint density at radius 3 is 2.94 bits per heavy atom. The highest BCUT2D eigenvalue weighted by molar-refractivity contribution is 5.33. The van der Waals surface area contributed by atoms with E-state index in [2.05, 4.69) is 20.3 Å². The number of hydrogen-bond donors (Lipinski definition) is 1. The highest BCUT2D eigenvalue weighted by Gasteiger charge is 1.97. The van der Waals surface area contributed by atoms with Gasteiger partial charge in [-0.25, -0.2) is 15.0 Å². The molecule has 0 fully saturated rings. The average molecular weight is 216 g/mol. The van der Waals surface area contributed by atoms with Crippen molar-refractivity contribution in [2.75, 3.05) is 12.4 Å². The lowest BCUT2D eigenvalue weighted by Gasteiger charge is -2.05. The number of methoxy groups -OCH3 is 1. The Labute approximate surface area is 93.5 Å². The number of aromatic nitrogens is 3. The van der Waals surface area contributed by atoms with Gasteiger partial charge >= 0.3 is 0 Å². The van der Waals surface area contributed by atoms with Gasteiger partial charge in [-0.3, -0.25) is 0 Å². The first-order valence-electron chi connectivity index (χ1n) is 4.87. The summed E-state index contributed by atoms with van der Waals surface area (Å²) in [7, 11) is 1.60. The van der Waals surface area contributed by atoms with Crippen LogP contribution in [0.25, 0.3) is 0 Å². The molecule has 2 aromatic heterocycles. The van der Waals surface area contributed by atoms with Crippen LogP contribution < -0.4 is 10.1 Å². The quantitative estimate of drug-likeness (QED) is 0.839. The molecule has 0 saturated heterocycles. The fourth-order valence-electron chi connectivity index (χ4n) is 1.26. The molecule has 5 heteroatoms. The fourth-order valence-corrected chi connectivity index (χ4v) is 1.26. The molecule has 0 radical (unpaired) electrons. The van der Waals surface area contributed by atoms with Gasteiger partial charge in [0.25, 0.3) is 0 Å². The first kappa shape index (κ1) is 10.4. The molecule has 5 nitrogen and oxygen atoms in total. The third-order valence-corrected chi connectivity index (χ3v) is 2.06. The lowest BCUT2D eigenvalue weighted by molar-refractivity contribution is 0.397. The van der Waals surface area contributed by atoms with Crippen molar-refractivity contribution >= 4 is 5.82 Å². The summed E-state index contributed by atoms with van der Waals surface area (Å²) >= 11 is 0. The first-order chi connectivity index (χ1) is 7.88. The minimum atomic E-state index is 0.613. The van der Waals surface area contributed by atoms with E-state index < -0.39 is 0 Å². The normalized spacial score (nSPS) is 9.81. The van der Waals surface area contributed by atoms with Gasteiger partial charge in [-0.15, -0.1) is 0 Å². The molecule has 0 unspecified atom stereocenters. The van der Waals surface area contributed by atoms with E-state index in [1.165, 1.54) is 6.33 Å². The van der Waals surface area contributed by atoms with Crippen LogP contribution in [-0.4, -0.2) is 22.1 Å². The molecule has 1 N–H and O–H groups in total. The molecule has 16 heavy (non-hydrogen) atoms. The van der Waals surface area contributed by atoms with Crippen molar-refractivity contribution in [1.29, 1.82) is 0 Å². The van der Waals surface area contributed by atoms with Gasteiger partial charge in [0, 0.05) is 25.0 Å². The molecule has 0 aromatic carbocycles. The van der Waals surface area contributed by atoms with Gasteiger partial charge in [0.1, 0.15) is 12.1 Å². The zero-order valence-corrected chi connectivity index (χ0v) is 8.92. The Morgan fingerprint density at radius 1 is 1.25 bits per heavy atom. The number of pyridine rings is 1. The highest BCUT2D eigenvalue weighted by Crippen LogP contribution is 2.10. The minimum absolute atomic E-state index is 0.613. The maximum atomic E-state index is 5.04. The second kappa shape index (κ2) is 5.06. The van der Waals surface area contributed by atoms with E-state index >= 15 is 0 Å². The van der Waals surface area contributed by atoms with E-state index in [-0.39, 0.29) is 0 Å². The lowest BCUT2D eigenvalue weighted by Crippen LogP contribution is -2.01. The Hall–Kier alpha value is -2.17. The number of rotatable bonds is 4. The molecular weight excluding hydrogens is 204 g/mol. The first-order valence-corrected chi connectivity index (χ1v) is 4.87. The van der Waals surface area contributed by atoms with Crippen molar-refractivity contribution in [3.8, 4) is 5.88 Å². The highest BCUT2D eigenvalue weighted by atomic mass is 16.5. The number of nitrogens with zero attached hydrogens (tertiary/aromatic N) is 3. The Bertz CT molecular complexity index is 447.